The molecule has 6 nitrogen and oxygen atoms in total. The van der Waals surface area contributed by atoms with Crippen molar-refractivity contribution in [3.63, 3.8) is 0 Å². The molecular formula is C22H14Br2ClFN2O4. The molecule has 3 aromatic rings. The average Bonchev–Trinajstić information content (AvgIpc) is 2.75. The standard InChI is InChI=1S/C22H14Br2ClFN2O4/c23-15-8-14(11-27-28-20(29)12-31-19-7-2-1-6-18(19)25)21(17(24)10-15)32-22(30)13-4-3-5-16(26)9-13/h1-11H,12H2,(H,28,29)/b27-11+. The molecule has 3 rings (SSSR count). The van der Waals surface area contributed by atoms with Crippen LogP contribution in [-0.2, 0) is 4.79 Å². The summed E-state index contributed by atoms with van der Waals surface area (Å²) in [4.78, 5) is 24.4. The van der Waals surface area contributed by atoms with Crippen molar-refractivity contribution < 1.29 is 23.5 Å². The Balaban J connectivity index is 1.69. The molecule has 0 saturated carbocycles. The van der Waals surface area contributed by atoms with Gasteiger partial charge in [0.25, 0.3) is 5.91 Å². The highest BCUT2D eigenvalue weighted by molar-refractivity contribution is 9.11. The zero-order valence-corrected chi connectivity index (χ0v) is 20.1. The van der Waals surface area contributed by atoms with Crippen molar-refractivity contribution in [3.05, 3.63) is 91.6 Å². The third kappa shape index (κ3) is 6.62. The summed E-state index contributed by atoms with van der Waals surface area (Å²) < 4.78 is 25.3. The first-order valence-corrected chi connectivity index (χ1v) is 11.0. The summed E-state index contributed by atoms with van der Waals surface area (Å²) in [7, 11) is 0. The Hall–Kier alpha value is -2.75. The predicted octanol–water partition coefficient (Wildman–Crippen LogP) is 5.75. The van der Waals surface area contributed by atoms with E-state index in [1.54, 1.807) is 36.4 Å². The number of rotatable bonds is 7. The Morgan fingerprint density at radius 1 is 1.09 bits per heavy atom. The number of halogens is 4. The fourth-order valence-corrected chi connectivity index (χ4v) is 3.99. The van der Waals surface area contributed by atoms with Gasteiger partial charge in [0.15, 0.2) is 12.4 Å². The van der Waals surface area contributed by atoms with E-state index in [4.69, 9.17) is 21.1 Å². The van der Waals surface area contributed by atoms with E-state index in [2.05, 4.69) is 42.4 Å². The van der Waals surface area contributed by atoms with Crippen LogP contribution in [0.1, 0.15) is 15.9 Å². The molecular weight excluding hydrogens is 571 g/mol. The van der Waals surface area contributed by atoms with E-state index in [0.717, 1.165) is 6.07 Å². The van der Waals surface area contributed by atoms with Gasteiger partial charge in [-0.1, -0.05) is 45.7 Å². The SMILES string of the molecule is O=C(COc1ccccc1Cl)N/N=C/c1cc(Br)cc(Br)c1OC(=O)c1cccc(F)c1. The number of esters is 1. The molecule has 0 aliphatic carbocycles. The van der Waals surface area contributed by atoms with Crippen LogP contribution in [0.5, 0.6) is 11.5 Å². The summed E-state index contributed by atoms with van der Waals surface area (Å²) in [6, 6.07) is 15.2. The van der Waals surface area contributed by atoms with Gasteiger partial charge in [0.2, 0.25) is 0 Å². The van der Waals surface area contributed by atoms with Crippen molar-refractivity contribution in [1.82, 2.24) is 5.43 Å². The second kappa shape index (κ2) is 11.2. The Bertz CT molecular complexity index is 1190. The molecule has 0 bridgehead atoms. The number of hydrogen-bond acceptors (Lipinski definition) is 5. The highest BCUT2D eigenvalue weighted by Crippen LogP contribution is 2.32. The number of hydrazone groups is 1. The van der Waals surface area contributed by atoms with E-state index in [1.165, 1.54) is 24.4 Å². The Labute approximate surface area is 204 Å². The molecule has 0 spiro atoms. The number of amides is 1. The van der Waals surface area contributed by atoms with Crippen LogP contribution in [0.3, 0.4) is 0 Å². The normalized spacial score (nSPS) is 10.8. The van der Waals surface area contributed by atoms with Gasteiger partial charge in [-0.3, -0.25) is 4.79 Å². The summed E-state index contributed by atoms with van der Waals surface area (Å²) in [6.07, 6.45) is 1.30. The number of carbonyl (C=O) groups excluding carboxylic acids is 2. The number of benzene rings is 3. The molecule has 1 N–H and O–H groups in total. The van der Waals surface area contributed by atoms with Crippen LogP contribution in [-0.4, -0.2) is 24.7 Å². The topological polar surface area (TPSA) is 77.0 Å². The van der Waals surface area contributed by atoms with Crippen molar-refractivity contribution in [2.24, 2.45) is 5.10 Å². The average molecular weight is 585 g/mol. The van der Waals surface area contributed by atoms with E-state index >= 15 is 0 Å². The van der Waals surface area contributed by atoms with Gasteiger partial charge in [0.1, 0.15) is 11.6 Å². The quantitative estimate of drug-likeness (QED) is 0.166. The molecule has 3 aromatic carbocycles. The van der Waals surface area contributed by atoms with E-state index in [1.807, 2.05) is 0 Å². The van der Waals surface area contributed by atoms with E-state index < -0.39 is 17.7 Å². The van der Waals surface area contributed by atoms with E-state index in [-0.39, 0.29) is 17.9 Å². The number of para-hydroxylation sites is 1. The van der Waals surface area contributed by atoms with Crippen LogP contribution in [0.15, 0.2) is 74.7 Å². The van der Waals surface area contributed by atoms with Gasteiger partial charge in [0, 0.05) is 10.0 Å². The zero-order valence-electron chi connectivity index (χ0n) is 16.2. The Morgan fingerprint density at radius 3 is 2.62 bits per heavy atom. The molecule has 0 heterocycles. The number of nitrogens with one attached hydrogen (secondary N) is 1. The first-order valence-electron chi connectivity index (χ1n) is 8.99. The first-order chi connectivity index (χ1) is 15.3. The van der Waals surface area contributed by atoms with Crippen LogP contribution in [0.25, 0.3) is 0 Å². The lowest BCUT2D eigenvalue weighted by atomic mass is 10.2. The molecule has 0 fully saturated rings. The fraction of sp³-hybridized carbons (Fsp3) is 0.0455. The maximum absolute atomic E-state index is 13.4. The summed E-state index contributed by atoms with van der Waals surface area (Å²) in [5.41, 5.74) is 2.75. The lowest BCUT2D eigenvalue weighted by Gasteiger charge is -2.11. The van der Waals surface area contributed by atoms with Crippen LogP contribution < -0.4 is 14.9 Å². The highest BCUT2D eigenvalue weighted by atomic mass is 79.9. The molecule has 164 valence electrons. The lowest BCUT2D eigenvalue weighted by Crippen LogP contribution is -2.24. The molecule has 0 saturated heterocycles. The summed E-state index contributed by atoms with van der Waals surface area (Å²) in [6.45, 7) is -0.301. The largest absolute Gasteiger partial charge is 0.482 e. The second-order valence-corrected chi connectivity index (χ2v) is 8.40. The molecule has 0 radical (unpaired) electrons. The van der Waals surface area contributed by atoms with Crippen molar-refractivity contribution in [1.29, 1.82) is 0 Å². The lowest BCUT2D eigenvalue weighted by molar-refractivity contribution is -0.123. The monoisotopic (exact) mass is 582 g/mol. The van der Waals surface area contributed by atoms with E-state index in [0.29, 0.717) is 25.3 Å². The zero-order chi connectivity index (χ0) is 23.1. The maximum atomic E-state index is 13.4. The van der Waals surface area contributed by atoms with Crippen molar-refractivity contribution in [3.8, 4) is 11.5 Å². The number of ether oxygens (including phenoxy) is 2. The Morgan fingerprint density at radius 2 is 1.88 bits per heavy atom. The number of nitrogens with zero attached hydrogens (tertiary/aromatic N) is 1. The Kier molecular flexibility index (Phi) is 8.38. The van der Waals surface area contributed by atoms with Crippen LogP contribution in [0.2, 0.25) is 5.02 Å². The summed E-state index contributed by atoms with van der Waals surface area (Å²) >= 11 is 12.6. The molecule has 0 aliphatic heterocycles. The summed E-state index contributed by atoms with van der Waals surface area (Å²) in [5, 5.41) is 4.26. The van der Waals surface area contributed by atoms with Crippen LogP contribution in [0, 0.1) is 5.82 Å². The highest BCUT2D eigenvalue weighted by Gasteiger charge is 2.16. The molecule has 0 aliphatic rings. The molecule has 0 unspecified atom stereocenters. The van der Waals surface area contributed by atoms with Gasteiger partial charge in [-0.15, -0.1) is 0 Å². The minimum Gasteiger partial charge on any atom is -0.482 e. The predicted molar refractivity (Wildman–Crippen MR) is 126 cm³/mol. The minimum absolute atomic E-state index is 0.0488. The van der Waals surface area contributed by atoms with Crippen molar-refractivity contribution >= 4 is 61.6 Å². The smallest absolute Gasteiger partial charge is 0.343 e. The number of carbonyl (C=O) groups is 2. The van der Waals surface area contributed by atoms with Crippen molar-refractivity contribution in [2.75, 3.05) is 6.61 Å². The van der Waals surface area contributed by atoms with Gasteiger partial charge in [-0.05, 0) is 58.4 Å². The summed E-state index contributed by atoms with van der Waals surface area (Å²) in [5.74, 6) is -1.31. The molecule has 32 heavy (non-hydrogen) atoms. The number of hydrogen-bond donors (Lipinski definition) is 1. The van der Waals surface area contributed by atoms with Gasteiger partial charge >= 0.3 is 5.97 Å². The third-order valence-corrected chi connectivity index (χ3v) is 5.24. The second-order valence-electron chi connectivity index (χ2n) is 6.22. The van der Waals surface area contributed by atoms with Crippen LogP contribution >= 0.6 is 43.5 Å². The van der Waals surface area contributed by atoms with Crippen LogP contribution in [0.4, 0.5) is 4.39 Å². The maximum Gasteiger partial charge on any atom is 0.343 e. The minimum atomic E-state index is -0.751. The molecule has 0 atom stereocenters. The van der Waals surface area contributed by atoms with Gasteiger partial charge in [-0.25, -0.2) is 14.6 Å². The van der Waals surface area contributed by atoms with Gasteiger partial charge in [-0.2, -0.15) is 5.10 Å². The first kappa shape index (κ1) is 23.9. The molecule has 10 heteroatoms. The van der Waals surface area contributed by atoms with Gasteiger partial charge < -0.3 is 9.47 Å². The third-order valence-electron chi connectivity index (χ3n) is 3.88. The molecule has 1 amide bonds. The molecule has 0 aromatic heterocycles. The fourth-order valence-electron chi connectivity index (χ4n) is 2.46. The van der Waals surface area contributed by atoms with E-state index in [9.17, 15) is 14.0 Å². The van der Waals surface area contributed by atoms with Gasteiger partial charge in [0.05, 0.1) is 21.3 Å². The van der Waals surface area contributed by atoms with Crippen molar-refractivity contribution in [2.45, 2.75) is 0 Å².